The molecule has 0 radical (unpaired) electrons. The Balaban J connectivity index is 1.75. The van der Waals surface area contributed by atoms with Crippen molar-refractivity contribution in [1.82, 2.24) is 25.1 Å². The van der Waals surface area contributed by atoms with Crippen molar-refractivity contribution in [3.05, 3.63) is 86.5 Å². The van der Waals surface area contributed by atoms with Crippen molar-refractivity contribution in [3.63, 3.8) is 0 Å². The fourth-order valence-corrected chi connectivity index (χ4v) is 3.33. The van der Waals surface area contributed by atoms with Gasteiger partial charge in [-0.05, 0) is 12.5 Å². The lowest BCUT2D eigenvalue weighted by molar-refractivity contribution is -0.118. The lowest BCUT2D eigenvalue weighted by atomic mass is 10.1. The number of carbonyl (C=O) groups is 1. The number of aromatic amines is 1. The van der Waals surface area contributed by atoms with Crippen LogP contribution in [0.2, 0.25) is 0 Å². The number of carbonyl (C=O) groups excluding carboxylic acids is 1. The number of nitrogens with zero attached hydrogens (tertiary/aromatic N) is 3. The van der Waals surface area contributed by atoms with Crippen molar-refractivity contribution < 1.29 is 9.21 Å². The molecule has 3 aromatic rings. The number of hydrogen-bond acceptors (Lipinski definition) is 7. The summed E-state index contributed by atoms with van der Waals surface area (Å²) in [5, 5.41) is 10.7. The third-order valence-corrected chi connectivity index (χ3v) is 5.04. The smallest absolute Gasteiger partial charge is 0.328 e. The molecule has 2 heterocycles. The van der Waals surface area contributed by atoms with Gasteiger partial charge in [0.1, 0.15) is 0 Å². The number of benzene rings is 1. The van der Waals surface area contributed by atoms with Crippen LogP contribution in [-0.2, 0) is 17.8 Å². The SMILES string of the molecule is C=CCNC(=O)CSc1nnc(Cc2c(C)[nH]c(=O)n(Cc3ccccc3)c2=O)o1. The van der Waals surface area contributed by atoms with E-state index in [0.717, 1.165) is 21.9 Å². The van der Waals surface area contributed by atoms with E-state index in [0.29, 0.717) is 17.8 Å². The standard InChI is InChI=1S/C20H21N5O4S/c1-3-9-21-16(26)12-30-20-24-23-17(29-20)10-15-13(2)22-19(28)25(18(15)27)11-14-7-5-4-6-8-14/h3-8H,1,9-12H2,2H3,(H,21,26)(H,22,28). The van der Waals surface area contributed by atoms with Crippen molar-refractivity contribution in [1.29, 1.82) is 0 Å². The molecule has 3 rings (SSSR count). The second-order valence-electron chi connectivity index (χ2n) is 6.43. The van der Waals surface area contributed by atoms with Crippen LogP contribution >= 0.6 is 11.8 Å². The minimum absolute atomic E-state index is 0.0759. The van der Waals surface area contributed by atoms with E-state index >= 15 is 0 Å². The van der Waals surface area contributed by atoms with Crippen LogP contribution in [-0.4, -0.2) is 38.0 Å². The van der Waals surface area contributed by atoms with Crippen LogP contribution in [0.1, 0.15) is 22.7 Å². The van der Waals surface area contributed by atoms with E-state index in [4.69, 9.17) is 4.42 Å². The third-order valence-electron chi connectivity index (χ3n) is 4.23. The number of rotatable bonds is 9. The van der Waals surface area contributed by atoms with Crippen molar-refractivity contribution in [3.8, 4) is 0 Å². The minimum atomic E-state index is -0.475. The molecule has 0 atom stereocenters. The highest BCUT2D eigenvalue weighted by molar-refractivity contribution is 7.99. The summed E-state index contributed by atoms with van der Waals surface area (Å²) in [6.07, 6.45) is 1.66. The van der Waals surface area contributed by atoms with Gasteiger partial charge in [0.2, 0.25) is 11.8 Å². The van der Waals surface area contributed by atoms with Crippen LogP contribution < -0.4 is 16.6 Å². The first-order valence-corrected chi connectivity index (χ1v) is 10.2. The number of aryl methyl sites for hydroxylation is 1. The van der Waals surface area contributed by atoms with E-state index in [2.05, 4.69) is 27.1 Å². The van der Waals surface area contributed by atoms with Gasteiger partial charge in [0, 0.05) is 17.8 Å². The first kappa shape index (κ1) is 21.3. The highest BCUT2D eigenvalue weighted by Crippen LogP contribution is 2.17. The Morgan fingerprint density at radius 3 is 2.80 bits per heavy atom. The van der Waals surface area contributed by atoms with Crippen LogP contribution in [0.3, 0.4) is 0 Å². The Hall–Kier alpha value is -3.40. The first-order valence-electron chi connectivity index (χ1n) is 9.17. The molecule has 0 saturated carbocycles. The van der Waals surface area contributed by atoms with Gasteiger partial charge in [-0.2, -0.15) is 0 Å². The summed E-state index contributed by atoms with van der Waals surface area (Å²) in [6, 6.07) is 9.25. The van der Waals surface area contributed by atoms with E-state index in [1.165, 1.54) is 0 Å². The number of amides is 1. The molecule has 10 heteroatoms. The lowest BCUT2D eigenvalue weighted by Gasteiger charge is -2.09. The Bertz CT molecular complexity index is 1150. The highest BCUT2D eigenvalue weighted by atomic mass is 32.2. The minimum Gasteiger partial charge on any atom is -0.416 e. The van der Waals surface area contributed by atoms with Crippen LogP contribution in [0.25, 0.3) is 0 Å². The van der Waals surface area contributed by atoms with Gasteiger partial charge >= 0.3 is 5.69 Å². The fraction of sp³-hybridized carbons (Fsp3) is 0.250. The molecule has 0 aliphatic rings. The molecule has 2 N–H and O–H groups in total. The van der Waals surface area contributed by atoms with Gasteiger partial charge in [0.15, 0.2) is 0 Å². The third kappa shape index (κ3) is 5.35. The predicted molar refractivity (Wildman–Crippen MR) is 113 cm³/mol. The number of H-pyrrole nitrogens is 1. The number of hydrogen-bond donors (Lipinski definition) is 2. The molecule has 0 fully saturated rings. The normalized spacial score (nSPS) is 10.7. The molecule has 1 aromatic carbocycles. The number of nitrogens with one attached hydrogen (secondary N) is 2. The molecule has 0 spiro atoms. The molecule has 2 aromatic heterocycles. The topological polar surface area (TPSA) is 123 Å². The Morgan fingerprint density at radius 1 is 1.30 bits per heavy atom. The number of thioether (sulfide) groups is 1. The van der Waals surface area contributed by atoms with E-state index in [1.54, 1.807) is 13.0 Å². The molecule has 0 aliphatic heterocycles. The molecule has 0 unspecified atom stereocenters. The maximum atomic E-state index is 12.9. The predicted octanol–water partition coefficient (Wildman–Crippen LogP) is 1.26. The van der Waals surface area contributed by atoms with Crippen molar-refractivity contribution in [2.45, 2.75) is 25.1 Å². The summed E-state index contributed by atoms with van der Waals surface area (Å²) < 4.78 is 6.69. The zero-order chi connectivity index (χ0) is 21.5. The highest BCUT2D eigenvalue weighted by Gasteiger charge is 2.16. The molecule has 9 nitrogen and oxygen atoms in total. The van der Waals surface area contributed by atoms with E-state index in [1.807, 2.05) is 30.3 Å². The molecule has 0 aliphatic carbocycles. The molecular weight excluding hydrogens is 406 g/mol. The molecule has 30 heavy (non-hydrogen) atoms. The van der Waals surface area contributed by atoms with Crippen LogP contribution in [0.5, 0.6) is 0 Å². The van der Waals surface area contributed by atoms with Gasteiger partial charge in [-0.3, -0.25) is 14.2 Å². The maximum absolute atomic E-state index is 12.9. The average molecular weight is 427 g/mol. The van der Waals surface area contributed by atoms with E-state index in [9.17, 15) is 14.4 Å². The quantitative estimate of drug-likeness (QED) is 0.389. The van der Waals surface area contributed by atoms with Crippen LogP contribution in [0.15, 0.2) is 62.2 Å². The van der Waals surface area contributed by atoms with Crippen molar-refractivity contribution >= 4 is 17.7 Å². The molecular formula is C20H21N5O4S. The molecule has 156 valence electrons. The average Bonchev–Trinajstić information content (AvgIpc) is 3.19. The summed E-state index contributed by atoms with van der Waals surface area (Å²) in [5.74, 6) is 0.166. The van der Waals surface area contributed by atoms with Crippen LogP contribution in [0.4, 0.5) is 0 Å². The van der Waals surface area contributed by atoms with Gasteiger partial charge in [-0.25, -0.2) is 4.79 Å². The summed E-state index contributed by atoms with van der Waals surface area (Å²) in [5.41, 5.74) is 0.778. The van der Waals surface area contributed by atoms with Crippen LogP contribution in [0, 0.1) is 6.92 Å². The zero-order valence-electron chi connectivity index (χ0n) is 16.4. The van der Waals surface area contributed by atoms with Gasteiger partial charge in [-0.1, -0.05) is 48.2 Å². The summed E-state index contributed by atoms with van der Waals surface area (Å²) in [4.78, 5) is 39.6. The van der Waals surface area contributed by atoms with Gasteiger partial charge in [-0.15, -0.1) is 16.8 Å². The Morgan fingerprint density at radius 2 is 2.07 bits per heavy atom. The van der Waals surface area contributed by atoms with Gasteiger partial charge in [0.25, 0.3) is 10.8 Å². The Labute approximate surface area is 176 Å². The summed E-state index contributed by atoms with van der Waals surface area (Å²) in [6.45, 7) is 5.73. The van der Waals surface area contributed by atoms with Crippen molar-refractivity contribution in [2.24, 2.45) is 0 Å². The largest absolute Gasteiger partial charge is 0.416 e. The number of aromatic nitrogens is 4. The monoisotopic (exact) mass is 427 g/mol. The summed E-state index contributed by atoms with van der Waals surface area (Å²) >= 11 is 1.10. The molecule has 0 saturated heterocycles. The second kappa shape index (κ2) is 9.88. The van der Waals surface area contributed by atoms with Gasteiger partial charge < -0.3 is 14.7 Å². The molecule has 1 amide bonds. The molecule has 0 bridgehead atoms. The lowest BCUT2D eigenvalue weighted by Crippen LogP contribution is -2.38. The van der Waals surface area contributed by atoms with E-state index in [-0.39, 0.29) is 35.7 Å². The van der Waals surface area contributed by atoms with Crippen molar-refractivity contribution in [2.75, 3.05) is 12.3 Å². The zero-order valence-corrected chi connectivity index (χ0v) is 17.2. The van der Waals surface area contributed by atoms with E-state index < -0.39 is 11.2 Å². The second-order valence-corrected chi connectivity index (χ2v) is 7.36. The fourth-order valence-electron chi connectivity index (χ4n) is 2.72. The van der Waals surface area contributed by atoms with Gasteiger partial charge in [0.05, 0.1) is 18.7 Å². The Kier molecular flexibility index (Phi) is 7.02. The summed E-state index contributed by atoms with van der Waals surface area (Å²) in [7, 11) is 0. The first-order chi connectivity index (χ1) is 14.5. The maximum Gasteiger partial charge on any atom is 0.328 e.